The van der Waals surface area contributed by atoms with Gasteiger partial charge in [0.2, 0.25) is 0 Å². The van der Waals surface area contributed by atoms with Crippen molar-refractivity contribution in [2.45, 2.75) is 26.3 Å². The van der Waals surface area contributed by atoms with Gasteiger partial charge in [-0.25, -0.2) is 9.97 Å². The van der Waals surface area contributed by atoms with Gasteiger partial charge in [-0.3, -0.25) is 4.90 Å². The Morgan fingerprint density at radius 2 is 1.92 bits per heavy atom. The van der Waals surface area contributed by atoms with Crippen molar-refractivity contribution < 1.29 is 0 Å². The summed E-state index contributed by atoms with van der Waals surface area (Å²) in [7, 11) is 0. The Balaban J connectivity index is 2.10. The summed E-state index contributed by atoms with van der Waals surface area (Å²) in [6, 6.07) is 0.481. The molecular weight excluding hydrogens is 162 g/mol. The van der Waals surface area contributed by atoms with Crippen LogP contribution in [0.15, 0.2) is 12.4 Å². The normalized spacial score (nSPS) is 19.5. The van der Waals surface area contributed by atoms with Crippen molar-refractivity contribution in [2.24, 2.45) is 0 Å². The lowest BCUT2D eigenvalue weighted by Crippen LogP contribution is -2.39. The lowest BCUT2D eigenvalue weighted by Gasteiger charge is -2.36. The first kappa shape index (κ1) is 8.63. The minimum absolute atomic E-state index is 0.481. The molecule has 70 valence electrons. The molecular formula is C10H15N3. The second-order valence-corrected chi connectivity index (χ2v) is 3.63. The third-order valence-electron chi connectivity index (χ3n) is 2.72. The summed E-state index contributed by atoms with van der Waals surface area (Å²) in [6.45, 7) is 6.56. The van der Waals surface area contributed by atoms with E-state index in [0.717, 1.165) is 5.82 Å². The van der Waals surface area contributed by atoms with Crippen LogP contribution in [0.1, 0.15) is 30.8 Å². The molecule has 0 spiro atoms. The smallest absolute Gasteiger partial charge is 0.125 e. The Kier molecular flexibility index (Phi) is 2.27. The molecule has 0 saturated carbocycles. The molecule has 2 rings (SSSR count). The molecule has 1 unspecified atom stereocenters. The van der Waals surface area contributed by atoms with Crippen molar-refractivity contribution in [3.63, 3.8) is 0 Å². The predicted molar refractivity (Wildman–Crippen MR) is 51.4 cm³/mol. The van der Waals surface area contributed by atoms with E-state index in [1.165, 1.54) is 25.1 Å². The molecule has 1 fully saturated rings. The van der Waals surface area contributed by atoms with Gasteiger partial charge in [-0.15, -0.1) is 0 Å². The highest BCUT2D eigenvalue weighted by molar-refractivity contribution is 5.10. The maximum absolute atomic E-state index is 4.20. The molecule has 1 aromatic rings. The van der Waals surface area contributed by atoms with Gasteiger partial charge in [0.05, 0.1) is 0 Å². The van der Waals surface area contributed by atoms with Crippen LogP contribution in [-0.4, -0.2) is 28.0 Å². The standard InChI is InChI=1S/C10H15N3/c1-8(13-4-3-5-13)10-6-11-9(2)12-7-10/h6-8H,3-5H2,1-2H3. The van der Waals surface area contributed by atoms with Gasteiger partial charge in [0, 0.05) is 24.0 Å². The Morgan fingerprint density at radius 3 is 2.38 bits per heavy atom. The maximum Gasteiger partial charge on any atom is 0.125 e. The first-order valence-corrected chi connectivity index (χ1v) is 4.80. The van der Waals surface area contributed by atoms with Gasteiger partial charge in [-0.1, -0.05) is 0 Å². The molecule has 1 atom stereocenters. The second kappa shape index (κ2) is 3.42. The Hall–Kier alpha value is -0.960. The van der Waals surface area contributed by atoms with Gasteiger partial charge in [0.25, 0.3) is 0 Å². The van der Waals surface area contributed by atoms with Crippen LogP contribution < -0.4 is 0 Å². The van der Waals surface area contributed by atoms with Crippen molar-refractivity contribution in [3.8, 4) is 0 Å². The van der Waals surface area contributed by atoms with Crippen LogP contribution in [0.5, 0.6) is 0 Å². The Bertz CT molecular complexity index is 277. The van der Waals surface area contributed by atoms with E-state index in [2.05, 4.69) is 21.8 Å². The molecule has 0 aliphatic carbocycles. The first-order valence-electron chi connectivity index (χ1n) is 4.80. The third-order valence-corrected chi connectivity index (χ3v) is 2.72. The lowest BCUT2D eigenvalue weighted by molar-refractivity contribution is 0.128. The maximum atomic E-state index is 4.20. The van der Waals surface area contributed by atoms with Crippen LogP contribution in [0.25, 0.3) is 0 Å². The molecule has 0 N–H and O–H groups in total. The van der Waals surface area contributed by atoms with Crippen LogP contribution in [0, 0.1) is 6.92 Å². The molecule has 2 heterocycles. The summed E-state index contributed by atoms with van der Waals surface area (Å²) in [5.41, 5.74) is 1.23. The average Bonchev–Trinajstić information content (AvgIpc) is 2.02. The van der Waals surface area contributed by atoms with Crippen LogP contribution >= 0.6 is 0 Å². The summed E-state index contributed by atoms with van der Waals surface area (Å²) in [5, 5.41) is 0. The van der Waals surface area contributed by atoms with Crippen LogP contribution in [0.3, 0.4) is 0 Å². The topological polar surface area (TPSA) is 29.0 Å². The van der Waals surface area contributed by atoms with E-state index in [9.17, 15) is 0 Å². The van der Waals surface area contributed by atoms with E-state index in [1.54, 1.807) is 0 Å². The summed E-state index contributed by atoms with van der Waals surface area (Å²) < 4.78 is 0. The molecule has 13 heavy (non-hydrogen) atoms. The van der Waals surface area contributed by atoms with Crippen molar-refractivity contribution in [3.05, 3.63) is 23.8 Å². The molecule has 3 nitrogen and oxygen atoms in total. The third kappa shape index (κ3) is 1.70. The highest BCUT2D eigenvalue weighted by Gasteiger charge is 2.21. The fourth-order valence-electron chi connectivity index (χ4n) is 1.56. The average molecular weight is 177 g/mol. The van der Waals surface area contributed by atoms with E-state index in [0.29, 0.717) is 6.04 Å². The summed E-state index contributed by atoms with van der Waals surface area (Å²) in [6.07, 6.45) is 5.20. The number of rotatable bonds is 2. The molecule has 1 saturated heterocycles. The van der Waals surface area contributed by atoms with E-state index >= 15 is 0 Å². The second-order valence-electron chi connectivity index (χ2n) is 3.63. The zero-order chi connectivity index (χ0) is 9.26. The highest BCUT2D eigenvalue weighted by atomic mass is 15.2. The number of hydrogen-bond donors (Lipinski definition) is 0. The van der Waals surface area contributed by atoms with Gasteiger partial charge in [-0.2, -0.15) is 0 Å². The van der Waals surface area contributed by atoms with Gasteiger partial charge < -0.3 is 0 Å². The minimum Gasteiger partial charge on any atom is -0.296 e. The molecule has 0 aromatic carbocycles. The molecule has 0 bridgehead atoms. The molecule has 1 aliphatic rings. The fourth-order valence-corrected chi connectivity index (χ4v) is 1.56. The van der Waals surface area contributed by atoms with Crippen molar-refractivity contribution in [1.82, 2.24) is 14.9 Å². The van der Waals surface area contributed by atoms with Crippen LogP contribution in [-0.2, 0) is 0 Å². The SMILES string of the molecule is Cc1ncc(C(C)N2CCC2)cn1. The molecule has 0 radical (unpaired) electrons. The largest absolute Gasteiger partial charge is 0.296 e. The number of likely N-dealkylation sites (tertiary alicyclic amines) is 1. The van der Waals surface area contributed by atoms with Gasteiger partial charge in [0.1, 0.15) is 5.82 Å². The molecule has 1 aliphatic heterocycles. The van der Waals surface area contributed by atoms with Crippen LogP contribution in [0.2, 0.25) is 0 Å². The summed E-state index contributed by atoms with van der Waals surface area (Å²) in [5.74, 6) is 0.847. The zero-order valence-corrected chi connectivity index (χ0v) is 8.20. The Labute approximate surface area is 78.8 Å². The van der Waals surface area contributed by atoms with Gasteiger partial charge >= 0.3 is 0 Å². The molecule has 0 amide bonds. The van der Waals surface area contributed by atoms with E-state index in [1.807, 2.05) is 19.3 Å². The van der Waals surface area contributed by atoms with Gasteiger partial charge in [0.15, 0.2) is 0 Å². The first-order chi connectivity index (χ1) is 6.27. The van der Waals surface area contributed by atoms with Gasteiger partial charge in [-0.05, 0) is 33.4 Å². The quantitative estimate of drug-likeness (QED) is 0.686. The van der Waals surface area contributed by atoms with E-state index < -0.39 is 0 Å². The summed E-state index contributed by atoms with van der Waals surface area (Å²) in [4.78, 5) is 10.8. The number of nitrogens with zero attached hydrogens (tertiary/aromatic N) is 3. The molecule has 3 heteroatoms. The molecule has 1 aromatic heterocycles. The monoisotopic (exact) mass is 177 g/mol. The number of hydrogen-bond acceptors (Lipinski definition) is 3. The van der Waals surface area contributed by atoms with Crippen molar-refractivity contribution >= 4 is 0 Å². The van der Waals surface area contributed by atoms with Crippen molar-refractivity contribution in [1.29, 1.82) is 0 Å². The highest BCUT2D eigenvalue weighted by Crippen LogP contribution is 2.23. The van der Waals surface area contributed by atoms with E-state index in [4.69, 9.17) is 0 Å². The van der Waals surface area contributed by atoms with Crippen molar-refractivity contribution in [2.75, 3.05) is 13.1 Å². The van der Waals surface area contributed by atoms with E-state index in [-0.39, 0.29) is 0 Å². The lowest BCUT2D eigenvalue weighted by atomic mass is 10.1. The predicted octanol–water partition coefficient (Wildman–Crippen LogP) is 1.55. The summed E-state index contributed by atoms with van der Waals surface area (Å²) >= 11 is 0. The van der Waals surface area contributed by atoms with Crippen LogP contribution in [0.4, 0.5) is 0 Å². The number of aromatic nitrogens is 2. The fraction of sp³-hybridized carbons (Fsp3) is 0.600. The Morgan fingerprint density at radius 1 is 1.31 bits per heavy atom. The number of aryl methyl sites for hydroxylation is 1. The zero-order valence-electron chi connectivity index (χ0n) is 8.20. The minimum atomic E-state index is 0.481.